The van der Waals surface area contributed by atoms with Gasteiger partial charge in [-0.3, -0.25) is 4.68 Å². The minimum atomic E-state index is 0.170. The molecule has 3 nitrogen and oxygen atoms in total. The Kier molecular flexibility index (Phi) is 5.19. The van der Waals surface area contributed by atoms with Crippen LogP contribution in [0.3, 0.4) is 0 Å². The Labute approximate surface area is 118 Å². The first kappa shape index (κ1) is 16.2. The molecule has 0 aliphatic rings. The van der Waals surface area contributed by atoms with Gasteiger partial charge in [-0.2, -0.15) is 5.10 Å². The third-order valence-electron chi connectivity index (χ3n) is 3.31. The van der Waals surface area contributed by atoms with E-state index in [-0.39, 0.29) is 11.0 Å². The zero-order valence-corrected chi connectivity index (χ0v) is 13.8. The third-order valence-corrected chi connectivity index (χ3v) is 3.31. The molecule has 0 radical (unpaired) electrons. The Bertz CT molecular complexity index is 397. The molecule has 110 valence electrons. The van der Waals surface area contributed by atoms with E-state index in [1.165, 1.54) is 11.4 Å². The third kappa shape index (κ3) is 5.35. The van der Waals surface area contributed by atoms with Crippen LogP contribution in [0.25, 0.3) is 0 Å². The van der Waals surface area contributed by atoms with E-state index in [0.29, 0.717) is 0 Å². The fourth-order valence-electron chi connectivity index (χ4n) is 2.08. The molecule has 0 aliphatic carbocycles. The van der Waals surface area contributed by atoms with Gasteiger partial charge < -0.3 is 5.32 Å². The molecule has 1 rings (SSSR count). The van der Waals surface area contributed by atoms with Crippen LogP contribution < -0.4 is 5.32 Å². The summed E-state index contributed by atoms with van der Waals surface area (Å²) in [7, 11) is 0. The van der Waals surface area contributed by atoms with E-state index >= 15 is 0 Å². The molecule has 0 bridgehead atoms. The molecular formula is C16H31N3. The average Bonchev–Trinajstić information content (AvgIpc) is 2.67. The number of hydrogen-bond acceptors (Lipinski definition) is 2. The number of hydrogen-bond donors (Lipinski definition) is 1. The van der Waals surface area contributed by atoms with Crippen molar-refractivity contribution in [1.29, 1.82) is 0 Å². The highest BCUT2D eigenvalue weighted by atomic mass is 15.3. The Morgan fingerprint density at radius 2 is 1.74 bits per heavy atom. The standard InChI is InChI=1S/C16H31N3/c1-8-13-10-14(9-2)19(18-13)12-16(6,7)11-17-15(3,4)5/h10,17H,8-9,11-12H2,1-7H3. The van der Waals surface area contributed by atoms with Gasteiger partial charge in [0.2, 0.25) is 0 Å². The van der Waals surface area contributed by atoms with Gasteiger partial charge in [-0.1, -0.05) is 27.7 Å². The molecule has 0 saturated carbocycles. The first-order chi connectivity index (χ1) is 8.67. The zero-order chi connectivity index (χ0) is 14.7. The van der Waals surface area contributed by atoms with Gasteiger partial charge in [-0.25, -0.2) is 0 Å². The van der Waals surface area contributed by atoms with Crippen LogP contribution in [-0.4, -0.2) is 21.9 Å². The van der Waals surface area contributed by atoms with Crippen molar-refractivity contribution in [2.45, 2.75) is 73.4 Å². The van der Waals surface area contributed by atoms with Gasteiger partial charge >= 0.3 is 0 Å². The van der Waals surface area contributed by atoms with Crippen molar-refractivity contribution in [3.8, 4) is 0 Å². The summed E-state index contributed by atoms with van der Waals surface area (Å²) >= 11 is 0. The maximum atomic E-state index is 4.72. The van der Waals surface area contributed by atoms with Crippen molar-refractivity contribution in [3.63, 3.8) is 0 Å². The minimum Gasteiger partial charge on any atom is -0.311 e. The zero-order valence-electron chi connectivity index (χ0n) is 13.8. The van der Waals surface area contributed by atoms with Crippen LogP contribution in [0.4, 0.5) is 0 Å². The summed E-state index contributed by atoms with van der Waals surface area (Å²) in [6.07, 6.45) is 2.07. The largest absolute Gasteiger partial charge is 0.311 e. The maximum Gasteiger partial charge on any atom is 0.0624 e. The number of rotatable bonds is 6. The molecule has 0 saturated heterocycles. The van der Waals surface area contributed by atoms with Gasteiger partial charge in [0.25, 0.3) is 0 Å². The van der Waals surface area contributed by atoms with Crippen molar-refractivity contribution in [2.75, 3.05) is 6.54 Å². The second-order valence-electron chi connectivity index (χ2n) is 7.26. The van der Waals surface area contributed by atoms with Crippen molar-refractivity contribution >= 4 is 0 Å². The van der Waals surface area contributed by atoms with Gasteiger partial charge in [-0.05, 0) is 45.1 Å². The number of nitrogens with zero attached hydrogens (tertiary/aromatic N) is 2. The lowest BCUT2D eigenvalue weighted by molar-refractivity contribution is 0.243. The van der Waals surface area contributed by atoms with Gasteiger partial charge in [0.05, 0.1) is 5.69 Å². The molecule has 0 aliphatic heterocycles. The molecule has 1 aromatic heterocycles. The maximum absolute atomic E-state index is 4.72. The number of aryl methyl sites for hydroxylation is 2. The lowest BCUT2D eigenvalue weighted by Crippen LogP contribution is -2.43. The van der Waals surface area contributed by atoms with Crippen LogP contribution in [0.2, 0.25) is 0 Å². The Morgan fingerprint density at radius 3 is 2.21 bits per heavy atom. The van der Waals surface area contributed by atoms with Crippen LogP contribution in [0, 0.1) is 5.41 Å². The van der Waals surface area contributed by atoms with Crippen LogP contribution in [0.15, 0.2) is 6.07 Å². The molecule has 0 aromatic carbocycles. The molecule has 19 heavy (non-hydrogen) atoms. The normalized spacial score (nSPS) is 13.0. The van der Waals surface area contributed by atoms with E-state index in [2.05, 4.69) is 64.5 Å². The summed E-state index contributed by atoms with van der Waals surface area (Å²) in [6.45, 7) is 17.6. The molecule has 1 N–H and O–H groups in total. The van der Waals surface area contributed by atoms with Gasteiger partial charge in [0.15, 0.2) is 0 Å². The van der Waals surface area contributed by atoms with Crippen LogP contribution in [-0.2, 0) is 19.4 Å². The second-order valence-corrected chi connectivity index (χ2v) is 7.26. The first-order valence-corrected chi connectivity index (χ1v) is 7.47. The second kappa shape index (κ2) is 6.08. The highest BCUT2D eigenvalue weighted by molar-refractivity contribution is 5.10. The summed E-state index contributed by atoms with van der Waals surface area (Å²) < 4.78 is 2.20. The molecule has 3 heteroatoms. The minimum absolute atomic E-state index is 0.170. The molecule has 1 aromatic rings. The van der Waals surface area contributed by atoms with Crippen molar-refractivity contribution in [3.05, 3.63) is 17.5 Å². The first-order valence-electron chi connectivity index (χ1n) is 7.47. The highest BCUT2D eigenvalue weighted by Crippen LogP contribution is 2.20. The Balaban J connectivity index is 2.74. The quantitative estimate of drug-likeness (QED) is 0.854. The predicted octanol–water partition coefficient (Wildman–Crippen LogP) is 3.42. The number of aromatic nitrogens is 2. The predicted molar refractivity (Wildman–Crippen MR) is 82.5 cm³/mol. The smallest absolute Gasteiger partial charge is 0.0624 e. The Morgan fingerprint density at radius 1 is 1.11 bits per heavy atom. The summed E-state index contributed by atoms with van der Waals surface area (Å²) in [5.41, 5.74) is 2.93. The monoisotopic (exact) mass is 265 g/mol. The summed E-state index contributed by atoms with van der Waals surface area (Å²) in [6, 6.07) is 2.24. The van der Waals surface area contributed by atoms with Crippen molar-refractivity contribution in [1.82, 2.24) is 15.1 Å². The number of nitrogens with one attached hydrogen (secondary N) is 1. The highest BCUT2D eigenvalue weighted by Gasteiger charge is 2.23. The van der Waals surface area contributed by atoms with Crippen molar-refractivity contribution < 1.29 is 0 Å². The SMILES string of the molecule is CCc1cc(CC)n(CC(C)(C)CNC(C)(C)C)n1. The molecule has 0 atom stereocenters. The average molecular weight is 265 g/mol. The van der Waals surface area contributed by atoms with E-state index in [1.54, 1.807) is 0 Å². The van der Waals surface area contributed by atoms with E-state index in [9.17, 15) is 0 Å². The molecular weight excluding hydrogens is 234 g/mol. The Hall–Kier alpha value is -0.830. The van der Waals surface area contributed by atoms with E-state index < -0.39 is 0 Å². The van der Waals surface area contributed by atoms with Crippen LogP contribution >= 0.6 is 0 Å². The fourth-order valence-corrected chi connectivity index (χ4v) is 2.08. The van der Waals surface area contributed by atoms with E-state index in [4.69, 9.17) is 5.10 Å². The lowest BCUT2D eigenvalue weighted by atomic mass is 9.92. The summed E-state index contributed by atoms with van der Waals surface area (Å²) in [5.74, 6) is 0. The summed E-state index contributed by atoms with van der Waals surface area (Å²) in [5, 5.41) is 8.32. The molecule has 0 unspecified atom stereocenters. The van der Waals surface area contributed by atoms with Crippen LogP contribution in [0.1, 0.15) is 59.9 Å². The molecule has 1 heterocycles. The van der Waals surface area contributed by atoms with Crippen molar-refractivity contribution in [2.24, 2.45) is 5.41 Å². The molecule has 0 fully saturated rings. The lowest BCUT2D eigenvalue weighted by Gasteiger charge is -2.31. The van der Waals surface area contributed by atoms with Gasteiger partial charge in [0.1, 0.15) is 0 Å². The van der Waals surface area contributed by atoms with E-state index in [1.807, 2.05) is 0 Å². The van der Waals surface area contributed by atoms with Gasteiger partial charge in [0, 0.05) is 24.3 Å². The summed E-state index contributed by atoms with van der Waals surface area (Å²) in [4.78, 5) is 0. The van der Waals surface area contributed by atoms with E-state index in [0.717, 1.165) is 25.9 Å². The van der Waals surface area contributed by atoms with Crippen LogP contribution in [0.5, 0.6) is 0 Å². The van der Waals surface area contributed by atoms with Gasteiger partial charge in [-0.15, -0.1) is 0 Å². The molecule has 0 spiro atoms. The fraction of sp³-hybridized carbons (Fsp3) is 0.812. The molecule has 0 amide bonds. The topological polar surface area (TPSA) is 29.9 Å².